The first kappa shape index (κ1) is 14.9. The molecule has 0 bridgehead atoms. The van der Waals surface area contributed by atoms with Crippen LogP contribution >= 0.6 is 0 Å². The van der Waals surface area contributed by atoms with E-state index in [4.69, 9.17) is 0 Å². The monoisotopic (exact) mass is 312 g/mol. The highest BCUT2D eigenvalue weighted by Gasteiger charge is 2.25. The van der Waals surface area contributed by atoms with Gasteiger partial charge < -0.3 is 5.32 Å². The quantitative estimate of drug-likeness (QED) is 0.773. The molecular formula is C15H21FN2O2S. The second-order valence-electron chi connectivity index (χ2n) is 6.04. The van der Waals surface area contributed by atoms with E-state index in [0.717, 1.165) is 25.3 Å². The van der Waals surface area contributed by atoms with Gasteiger partial charge in [0.15, 0.2) is 0 Å². The molecule has 1 aromatic carbocycles. The van der Waals surface area contributed by atoms with Crippen LogP contribution < -0.4 is 10.0 Å². The third-order valence-corrected chi connectivity index (χ3v) is 5.56. The average Bonchev–Trinajstić information content (AvgIpc) is 3.31. The highest BCUT2D eigenvalue weighted by Crippen LogP contribution is 2.32. The lowest BCUT2D eigenvalue weighted by Gasteiger charge is -2.12. The summed E-state index contributed by atoms with van der Waals surface area (Å²) in [5.41, 5.74) is 0.627. The van der Waals surface area contributed by atoms with Gasteiger partial charge in [-0.25, -0.2) is 17.5 Å². The van der Waals surface area contributed by atoms with Gasteiger partial charge in [0.1, 0.15) is 5.82 Å². The van der Waals surface area contributed by atoms with E-state index in [1.54, 1.807) is 6.07 Å². The molecule has 0 aliphatic heterocycles. The van der Waals surface area contributed by atoms with E-state index in [1.165, 1.54) is 18.9 Å². The van der Waals surface area contributed by atoms with Crippen molar-refractivity contribution in [3.8, 4) is 0 Å². The highest BCUT2D eigenvalue weighted by molar-refractivity contribution is 7.89. The van der Waals surface area contributed by atoms with E-state index >= 15 is 0 Å². The van der Waals surface area contributed by atoms with E-state index in [0.29, 0.717) is 30.6 Å². The van der Waals surface area contributed by atoms with Gasteiger partial charge in [-0.3, -0.25) is 0 Å². The molecule has 0 amide bonds. The number of nitrogens with one attached hydrogen (secondary N) is 2. The van der Waals surface area contributed by atoms with Crippen LogP contribution in [0.15, 0.2) is 23.1 Å². The minimum absolute atomic E-state index is 0.0615. The molecule has 0 aromatic heterocycles. The van der Waals surface area contributed by atoms with Crippen molar-refractivity contribution in [2.45, 2.75) is 49.6 Å². The van der Waals surface area contributed by atoms with Crippen LogP contribution in [-0.2, 0) is 16.6 Å². The summed E-state index contributed by atoms with van der Waals surface area (Å²) in [5, 5.41) is 3.27. The molecule has 116 valence electrons. The molecule has 4 nitrogen and oxygen atoms in total. The van der Waals surface area contributed by atoms with E-state index in [2.05, 4.69) is 10.0 Å². The normalized spacial score (nSPS) is 18.9. The van der Waals surface area contributed by atoms with Crippen molar-refractivity contribution < 1.29 is 12.8 Å². The maximum atomic E-state index is 13.4. The maximum Gasteiger partial charge on any atom is 0.240 e. The fraction of sp³-hybridized carbons (Fsp3) is 0.600. The zero-order valence-electron chi connectivity index (χ0n) is 11.9. The Hall–Kier alpha value is -0.980. The number of sulfonamides is 1. The number of hydrogen-bond acceptors (Lipinski definition) is 3. The fourth-order valence-corrected chi connectivity index (χ4v) is 3.64. The molecule has 2 N–H and O–H groups in total. The Balaban J connectivity index is 1.71. The third-order valence-electron chi connectivity index (χ3n) is 4.02. The number of halogens is 1. The topological polar surface area (TPSA) is 58.2 Å². The second-order valence-corrected chi connectivity index (χ2v) is 7.77. The molecule has 0 saturated heterocycles. The molecule has 0 heterocycles. The van der Waals surface area contributed by atoms with Crippen molar-refractivity contribution in [2.24, 2.45) is 5.92 Å². The summed E-state index contributed by atoms with van der Waals surface area (Å²) in [6.45, 7) is 0.892. The van der Waals surface area contributed by atoms with Crippen molar-refractivity contribution in [2.75, 3.05) is 6.54 Å². The van der Waals surface area contributed by atoms with Gasteiger partial charge in [-0.1, -0.05) is 18.9 Å². The van der Waals surface area contributed by atoms with Gasteiger partial charge in [0.25, 0.3) is 0 Å². The summed E-state index contributed by atoms with van der Waals surface area (Å²) in [6.07, 6.45) is 5.51. The van der Waals surface area contributed by atoms with Crippen LogP contribution in [0.1, 0.15) is 37.7 Å². The largest absolute Gasteiger partial charge is 0.310 e. The number of benzene rings is 1. The summed E-state index contributed by atoms with van der Waals surface area (Å²) in [4.78, 5) is 0.0615. The molecule has 0 radical (unpaired) electrons. The first-order valence-electron chi connectivity index (χ1n) is 7.56. The van der Waals surface area contributed by atoms with Crippen LogP contribution in [0.2, 0.25) is 0 Å². The van der Waals surface area contributed by atoms with E-state index in [-0.39, 0.29) is 4.90 Å². The molecule has 2 fully saturated rings. The minimum atomic E-state index is -3.64. The first-order chi connectivity index (χ1) is 10.0. The Morgan fingerprint density at radius 3 is 2.62 bits per heavy atom. The van der Waals surface area contributed by atoms with Crippen LogP contribution in [0.3, 0.4) is 0 Å². The first-order valence-corrected chi connectivity index (χ1v) is 9.04. The Morgan fingerprint density at radius 1 is 1.19 bits per heavy atom. The predicted molar refractivity (Wildman–Crippen MR) is 78.8 cm³/mol. The molecule has 0 unspecified atom stereocenters. The molecule has 6 heteroatoms. The molecular weight excluding hydrogens is 291 g/mol. The Labute approximate surface area is 125 Å². The molecule has 2 saturated carbocycles. The smallest absolute Gasteiger partial charge is 0.240 e. The van der Waals surface area contributed by atoms with Crippen LogP contribution in [0.25, 0.3) is 0 Å². The molecule has 21 heavy (non-hydrogen) atoms. The minimum Gasteiger partial charge on any atom is -0.310 e. The van der Waals surface area contributed by atoms with Crippen LogP contribution in [0.4, 0.5) is 4.39 Å². The molecule has 0 atom stereocenters. The van der Waals surface area contributed by atoms with E-state index in [1.807, 2.05) is 0 Å². The third kappa shape index (κ3) is 4.25. The van der Waals surface area contributed by atoms with Crippen LogP contribution in [-0.4, -0.2) is 21.0 Å². The second kappa shape index (κ2) is 6.02. The summed E-state index contributed by atoms with van der Waals surface area (Å²) in [5.74, 6) is 0.143. The average molecular weight is 312 g/mol. The standard InChI is InChI=1S/C15H21FN2O2S/c16-13-4-3-12(10-17-14-5-6-14)15(9-13)21(19,20)18-8-7-11-1-2-11/h3-4,9,11,14,17-18H,1-2,5-8,10H2. The molecule has 2 aliphatic carbocycles. The van der Waals surface area contributed by atoms with Crippen molar-refractivity contribution in [3.05, 3.63) is 29.6 Å². The van der Waals surface area contributed by atoms with Crippen molar-refractivity contribution >= 4 is 10.0 Å². The maximum absolute atomic E-state index is 13.4. The lowest BCUT2D eigenvalue weighted by atomic mass is 10.2. The Morgan fingerprint density at radius 2 is 1.95 bits per heavy atom. The van der Waals surface area contributed by atoms with Crippen LogP contribution in [0, 0.1) is 11.7 Å². The Bertz CT molecular complexity index is 610. The summed E-state index contributed by atoms with van der Waals surface area (Å²) in [6, 6.07) is 4.46. The molecule has 0 spiro atoms. The predicted octanol–water partition coefficient (Wildman–Crippen LogP) is 2.16. The summed E-state index contributed by atoms with van der Waals surface area (Å²) >= 11 is 0. The van der Waals surface area contributed by atoms with Crippen molar-refractivity contribution in [3.63, 3.8) is 0 Å². The van der Waals surface area contributed by atoms with E-state index in [9.17, 15) is 12.8 Å². The summed E-state index contributed by atoms with van der Waals surface area (Å²) < 4.78 is 40.8. The Kier molecular flexibility index (Phi) is 4.28. The lowest BCUT2D eigenvalue weighted by Crippen LogP contribution is -2.27. The van der Waals surface area contributed by atoms with Crippen LogP contribution in [0.5, 0.6) is 0 Å². The van der Waals surface area contributed by atoms with Gasteiger partial charge in [0, 0.05) is 19.1 Å². The van der Waals surface area contributed by atoms with Gasteiger partial charge in [0.05, 0.1) is 4.90 Å². The van der Waals surface area contributed by atoms with Gasteiger partial charge in [-0.2, -0.15) is 0 Å². The number of hydrogen-bond donors (Lipinski definition) is 2. The van der Waals surface area contributed by atoms with Crippen molar-refractivity contribution in [1.82, 2.24) is 10.0 Å². The zero-order chi connectivity index (χ0) is 14.9. The van der Waals surface area contributed by atoms with Gasteiger partial charge in [0.2, 0.25) is 10.0 Å². The molecule has 3 rings (SSSR count). The van der Waals surface area contributed by atoms with Crippen molar-refractivity contribution in [1.29, 1.82) is 0 Å². The lowest BCUT2D eigenvalue weighted by molar-refractivity contribution is 0.567. The fourth-order valence-electron chi connectivity index (χ4n) is 2.35. The molecule has 1 aromatic rings. The number of rotatable bonds is 8. The van der Waals surface area contributed by atoms with Gasteiger partial charge >= 0.3 is 0 Å². The van der Waals surface area contributed by atoms with Gasteiger partial charge in [-0.15, -0.1) is 0 Å². The molecule has 2 aliphatic rings. The van der Waals surface area contributed by atoms with Gasteiger partial charge in [-0.05, 0) is 42.9 Å². The SMILES string of the molecule is O=S(=O)(NCCC1CC1)c1cc(F)ccc1CNC1CC1. The van der Waals surface area contributed by atoms with E-state index < -0.39 is 15.8 Å². The highest BCUT2D eigenvalue weighted by atomic mass is 32.2. The zero-order valence-corrected chi connectivity index (χ0v) is 12.8. The summed E-state index contributed by atoms with van der Waals surface area (Å²) in [7, 11) is -3.64.